The summed E-state index contributed by atoms with van der Waals surface area (Å²) in [6.07, 6.45) is 0. The minimum absolute atomic E-state index is 0.0723. The van der Waals surface area contributed by atoms with Crippen LogP contribution in [0.25, 0.3) is 0 Å². The average Bonchev–Trinajstić information content (AvgIpc) is 2.95. The standard InChI is InChI=1S/C19H27N3OS/c1-6-22(7-2)12-15-9-8-10-16(11-15)21-18(23)17-14(5)20-19(24-17)13(3)4/h8-11,13H,6-7,12H2,1-5H3,(H,21,23). The van der Waals surface area contributed by atoms with Crippen molar-refractivity contribution in [3.63, 3.8) is 0 Å². The fourth-order valence-electron chi connectivity index (χ4n) is 2.52. The fourth-order valence-corrected chi connectivity index (χ4v) is 3.48. The van der Waals surface area contributed by atoms with Crippen molar-refractivity contribution in [1.82, 2.24) is 9.88 Å². The molecule has 0 bridgehead atoms. The Balaban J connectivity index is 2.12. The zero-order valence-electron chi connectivity index (χ0n) is 15.2. The smallest absolute Gasteiger partial charge is 0.267 e. The van der Waals surface area contributed by atoms with Crippen LogP contribution in [0.15, 0.2) is 24.3 Å². The Hall–Kier alpha value is -1.72. The molecule has 0 saturated heterocycles. The van der Waals surface area contributed by atoms with Crippen LogP contribution in [0.1, 0.15) is 59.5 Å². The highest BCUT2D eigenvalue weighted by molar-refractivity contribution is 7.14. The van der Waals surface area contributed by atoms with E-state index in [0.717, 1.165) is 36.0 Å². The Bertz CT molecular complexity index is 690. The first-order valence-electron chi connectivity index (χ1n) is 8.54. The number of thiazole rings is 1. The van der Waals surface area contributed by atoms with E-state index in [1.807, 2.05) is 19.1 Å². The van der Waals surface area contributed by atoms with Gasteiger partial charge in [-0.3, -0.25) is 9.69 Å². The average molecular weight is 346 g/mol. The normalized spacial score (nSPS) is 11.3. The number of hydrogen-bond donors (Lipinski definition) is 1. The van der Waals surface area contributed by atoms with Crippen molar-refractivity contribution in [3.05, 3.63) is 45.4 Å². The van der Waals surface area contributed by atoms with Crippen molar-refractivity contribution < 1.29 is 4.79 Å². The Morgan fingerprint density at radius 1 is 1.29 bits per heavy atom. The molecule has 0 aliphatic rings. The molecule has 0 aliphatic carbocycles. The van der Waals surface area contributed by atoms with Gasteiger partial charge >= 0.3 is 0 Å². The van der Waals surface area contributed by atoms with E-state index in [4.69, 9.17) is 0 Å². The Labute approximate surface area is 148 Å². The molecular weight excluding hydrogens is 318 g/mol. The van der Waals surface area contributed by atoms with E-state index in [1.54, 1.807) is 0 Å². The van der Waals surface area contributed by atoms with Crippen LogP contribution in [0, 0.1) is 6.92 Å². The summed E-state index contributed by atoms with van der Waals surface area (Å²) in [5.41, 5.74) is 2.85. The van der Waals surface area contributed by atoms with Crippen LogP contribution >= 0.6 is 11.3 Å². The first-order chi connectivity index (χ1) is 11.4. The number of rotatable bonds is 7. The van der Waals surface area contributed by atoms with Gasteiger partial charge in [-0.15, -0.1) is 11.3 Å². The number of carbonyl (C=O) groups excluding carboxylic acids is 1. The molecule has 2 rings (SSSR count). The third-order valence-electron chi connectivity index (χ3n) is 4.00. The maximum Gasteiger partial charge on any atom is 0.267 e. The van der Waals surface area contributed by atoms with E-state index in [0.29, 0.717) is 10.8 Å². The number of aromatic nitrogens is 1. The highest BCUT2D eigenvalue weighted by Gasteiger charge is 2.17. The minimum atomic E-state index is -0.0723. The second kappa shape index (κ2) is 8.40. The molecule has 0 saturated carbocycles. The molecule has 1 amide bonds. The quantitative estimate of drug-likeness (QED) is 0.793. The summed E-state index contributed by atoms with van der Waals surface area (Å²) < 4.78 is 0. The van der Waals surface area contributed by atoms with E-state index in [1.165, 1.54) is 16.9 Å². The molecule has 1 aromatic heterocycles. The molecule has 5 heteroatoms. The summed E-state index contributed by atoms with van der Waals surface area (Å²) in [4.78, 5) is 20.1. The Morgan fingerprint density at radius 2 is 2.00 bits per heavy atom. The van der Waals surface area contributed by atoms with Crippen LogP contribution in [0.4, 0.5) is 5.69 Å². The predicted octanol–water partition coefficient (Wildman–Crippen LogP) is 4.67. The SMILES string of the molecule is CCN(CC)Cc1cccc(NC(=O)c2sc(C(C)C)nc2C)c1. The predicted molar refractivity (Wildman–Crippen MR) is 102 cm³/mol. The second-order valence-electron chi connectivity index (χ2n) is 6.24. The highest BCUT2D eigenvalue weighted by atomic mass is 32.1. The molecule has 0 fully saturated rings. The van der Waals surface area contributed by atoms with E-state index in [-0.39, 0.29) is 5.91 Å². The molecule has 0 unspecified atom stereocenters. The molecule has 24 heavy (non-hydrogen) atoms. The molecule has 130 valence electrons. The number of carbonyl (C=O) groups is 1. The molecule has 1 N–H and O–H groups in total. The fraction of sp³-hybridized carbons (Fsp3) is 0.474. The third-order valence-corrected chi connectivity index (χ3v) is 5.46. The van der Waals surface area contributed by atoms with Crippen molar-refractivity contribution in [2.24, 2.45) is 0 Å². The summed E-state index contributed by atoms with van der Waals surface area (Å²) >= 11 is 1.49. The first-order valence-corrected chi connectivity index (χ1v) is 9.36. The van der Waals surface area contributed by atoms with Crippen LogP contribution in [0.5, 0.6) is 0 Å². The van der Waals surface area contributed by atoms with Gasteiger partial charge < -0.3 is 5.32 Å². The zero-order chi connectivity index (χ0) is 17.7. The molecule has 0 radical (unpaired) electrons. The van der Waals surface area contributed by atoms with Gasteiger partial charge in [0.15, 0.2) is 0 Å². The van der Waals surface area contributed by atoms with Crippen LogP contribution < -0.4 is 5.32 Å². The lowest BCUT2D eigenvalue weighted by Gasteiger charge is -2.18. The van der Waals surface area contributed by atoms with Gasteiger partial charge in [0, 0.05) is 18.2 Å². The van der Waals surface area contributed by atoms with Gasteiger partial charge in [-0.05, 0) is 37.7 Å². The van der Waals surface area contributed by atoms with Gasteiger partial charge in [-0.2, -0.15) is 0 Å². The number of nitrogens with one attached hydrogen (secondary N) is 1. The summed E-state index contributed by atoms with van der Waals surface area (Å²) in [7, 11) is 0. The Morgan fingerprint density at radius 3 is 2.58 bits per heavy atom. The van der Waals surface area contributed by atoms with E-state index >= 15 is 0 Å². The lowest BCUT2D eigenvalue weighted by atomic mass is 10.2. The molecule has 0 spiro atoms. The summed E-state index contributed by atoms with van der Waals surface area (Å²) in [5, 5.41) is 4.02. The molecular formula is C19H27N3OS. The summed E-state index contributed by atoms with van der Waals surface area (Å²) in [6, 6.07) is 8.08. The van der Waals surface area contributed by atoms with Crippen LogP contribution in [-0.2, 0) is 6.54 Å². The third kappa shape index (κ3) is 4.65. The number of benzene rings is 1. The molecule has 4 nitrogen and oxygen atoms in total. The van der Waals surface area contributed by atoms with Gasteiger partial charge in [-0.1, -0.05) is 39.8 Å². The van der Waals surface area contributed by atoms with Gasteiger partial charge in [0.05, 0.1) is 10.7 Å². The maximum atomic E-state index is 12.6. The van der Waals surface area contributed by atoms with Crippen LogP contribution in [0.2, 0.25) is 0 Å². The van der Waals surface area contributed by atoms with Crippen molar-refractivity contribution in [1.29, 1.82) is 0 Å². The monoisotopic (exact) mass is 345 g/mol. The van der Waals surface area contributed by atoms with Gasteiger partial charge in [0.25, 0.3) is 5.91 Å². The number of anilines is 1. The zero-order valence-corrected chi connectivity index (χ0v) is 16.0. The van der Waals surface area contributed by atoms with Gasteiger partial charge in [0.2, 0.25) is 0 Å². The molecule has 1 heterocycles. The van der Waals surface area contributed by atoms with Crippen molar-refractivity contribution in [3.8, 4) is 0 Å². The number of hydrogen-bond acceptors (Lipinski definition) is 4. The molecule has 0 aliphatic heterocycles. The maximum absolute atomic E-state index is 12.6. The van der Waals surface area contributed by atoms with Crippen molar-refractivity contribution in [2.45, 2.75) is 47.1 Å². The number of aryl methyl sites for hydroxylation is 1. The van der Waals surface area contributed by atoms with E-state index < -0.39 is 0 Å². The largest absolute Gasteiger partial charge is 0.321 e. The molecule has 1 aromatic carbocycles. The molecule has 2 aromatic rings. The molecule has 0 atom stereocenters. The van der Waals surface area contributed by atoms with E-state index in [9.17, 15) is 4.79 Å². The first kappa shape index (κ1) is 18.6. The number of nitrogens with zero attached hydrogens (tertiary/aromatic N) is 2. The Kier molecular flexibility index (Phi) is 6.52. The topological polar surface area (TPSA) is 45.2 Å². The van der Waals surface area contributed by atoms with Crippen LogP contribution in [-0.4, -0.2) is 28.9 Å². The van der Waals surface area contributed by atoms with E-state index in [2.05, 4.69) is 55.0 Å². The second-order valence-corrected chi connectivity index (χ2v) is 7.27. The van der Waals surface area contributed by atoms with Crippen LogP contribution in [0.3, 0.4) is 0 Å². The summed E-state index contributed by atoms with van der Waals surface area (Å²) in [5.74, 6) is 0.268. The van der Waals surface area contributed by atoms with Gasteiger partial charge in [-0.25, -0.2) is 4.98 Å². The lowest BCUT2D eigenvalue weighted by molar-refractivity contribution is 0.103. The minimum Gasteiger partial charge on any atom is -0.321 e. The van der Waals surface area contributed by atoms with Crippen molar-refractivity contribution in [2.75, 3.05) is 18.4 Å². The lowest BCUT2D eigenvalue weighted by Crippen LogP contribution is -2.22. The van der Waals surface area contributed by atoms with Gasteiger partial charge in [0.1, 0.15) is 4.88 Å². The van der Waals surface area contributed by atoms with Crippen molar-refractivity contribution >= 4 is 22.9 Å². The number of amides is 1. The highest BCUT2D eigenvalue weighted by Crippen LogP contribution is 2.25. The summed E-state index contributed by atoms with van der Waals surface area (Å²) in [6.45, 7) is 13.3.